The molecule has 1 aliphatic heterocycles. The van der Waals surface area contributed by atoms with Gasteiger partial charge in [0.15, 0.2) is 0 Å². The highest BCUT2D eigenvalue weighted by atomic mass is 16.5. The van der Waals surface area contributed by atoms with Gasteiger partial charge in [-0.3, -0.25) is 0 Å². The second-order valence-corrected chi connectivity index (χ2v) is 4.32. The minimum Gasteiger partial charge on any atom is -0.478 e. The molecule has 17 heavy (non-hydrogen) atoms. The standard InChI is InChI=1S/C13H21N3O/c1-2-17-13-8-5-7-12(16-13)15-10-11-6-3-4-9-14-11/h5,7-8,11,14H,2-4,6,9-10H2,1H3,(H,15,16). The number of aromatic nitrogens is 1. The Morgan fingerprint density at radius 3 is 3.18 bits per heavy atom. The summed E-state index contributed by atoms with van der Waals surface area (Å²) in [4.78, 5) is 4.39. The van der Waals surface area contributed by atoms with E-state index in [-0.39, 0.29) is 0 Å². The van der Waals surface area contributed by atoms with E-state index < -0.39 is 0 Å². The summed E-state index contributed by atoms with van der Waals surface area (Å²) >= 11 is 0. The molecule has 0 radical (unpaired) electrons. The Morgan fingerprint density at radius 2 is 2.41 bits per heavy atom. The van der Waals surface area contributed by atoms with Crippen LogP contribution < -0.4 is 15.4 Å². The van der Waals surface area contributed by atoms with Gasteiger partial charge in [-0.1, -0.05) is 12.5 Å². The highest BCUT2D eigenvalue weighted by Gasteiger charge is 2.11. The molecule has 1 fully saturated rings. The molecule has 1 aromatic heterocycles. The molecule has 4 heteroatoms. The Balaban J connectivity index is 1.83. The molecule has 0 amide bonds. The zero-order valence-corrected chi connectivity index (χ0v) is 10.4. The maximum Gasteiger partial charge on any atom is 0.215 e. The molecule has 1 aliphatic rings. The molecular weight excluding hydrogens is 214 g/mol. The van der Waals surface area contributed by atoms with E-state index >= 15 is 0 Å². The lowest BCUT2D eigenvalue weighted by molar-refractivity contribution is 0.327. The minimum atomic E-state index is 0.571. The van der Waals surface area contributed by atoms with E-state index in [4.69, 9.17) is 4.74 Å². The normalized spacial score (nSPS) is 19.9. The predicted molar refractivity (Wildman–Crippen MR) is 69.5 cm³/mol. The number of hydrogen-bond donors (Lipinski definition) is 2. The van der Waals surface area contributed by atoms with Crippen LogP contribution in [-0.2, 0) is 0 Å². The fraction of sp³-hybridized carbons (Fsp3) is 0.615. The van der Waals surface area contributed by atoms with Gasteiger partial charge in [-0.25, -0.2) is 0 Å². The van der Waals surface area contributed by atoms with Gasteiger partial charge in [0.05, 0.1) is 6.61 Å². The third-order valence-corrected chi connectivity index (χ3v) is 2.96. The van der Waals surface area contributed by atoms with Gasteiger partial charge in [0.25, 0.3) is 0 Å². The third kappa shape index (κ3) is 3.89. The Hall–Kier alpha value is -1.29. The van der Waals surface area contributed by atoms with Crippen LogP contribution in [0.25, 0.3) is 0 Å². The van der Waals surface area contributed by atoms with Crippen LogP contribution in [0.4, 0.5) is 5.82 Å². The van der Waals surface area contributed by atoms with Crippen LogP contribution in [0.5, 0.6) is 5.88 Å². The van der Waals surface area contributed by atoms with Crippen LogP contribution in [0.15, 0.2) is 18.2 Å². The van der Waals surface area contributed by atoms with E-state index in [2.05, 4.69) is 15.6 Å². The van der Waals surface area contributed by atoms with Crippen molar-refractivity contribution in [1.82, 2.24) is 10.3 Å². The lowest BCUT2D eigenvalue weighted by Crippen LogP contribution is -2.39. The van der Waals surface area contributed by atoms with Crippen LogP contribution in [-0.4, -0.2) is 30.7 Å². The SMILES string of the molecule is CCOc1cccc(NCC2CCCCN2)n1. The largest absolute Gasteiger partial charge is 0.478 e. The number of nitrogens with zero attached hydrogens (tertiary/aromatic N) is 1. The van der Waals surface area contributed by atoms with Crippen LogP contribution in [0.1, 0.15) is 26.2 Å². The van der Waals surface area contributed by atoms with Crippen LogP contribution in [0.3, 0.4) is 0 Å². The van der Waals surface area contributed by atoms with Gasteiger partial charge < -0.3 is 15.4 Å². The molecule has 2 rings (SSSR count). The third-order valence-electron chi connectivity index (χ3n) is 2.96. The first-order chi connectivity index (χ1) is 8.38. The monoisotopic (exact) mass is 235 g/mol. The topological polar surface area (TPSA) is 46.2 Å². The molecule has 1 atom stereocenters. The van der Waals surface area contributed by atoms with Crippen molar-refractivity contribution in [3.05, 3.63) is 18.2 Å². The summed E-state index contributed by atoms with van der Waals surface area (Å²) in [6.07, 6.45) is 3.87. The first-order valence-electron chi connectivity index (χ1n) is 6.45. The van der Waals surface area contributed by atoms with E-state index in [1.54, 1.807) is 0 Å². The predicted octanol–water partition coefficient (Wildman–Crippen LogP) is 2.03. The Kier molecular flexibility index (Phi) is 4.62. The lowest BCUT2D eigenvalue weighted by Gasteiger charge is -2.23. The maximum absolute atomic E-state index is 5.37. The Bertz CT molecular complexity index is 337. The Morgan fingerprint density at radius 1 is 1.47 bits per heavy atom. The summed E-state index contributed by atoms with van der Waals surface area (Å²) < 4.78 is 5.37. The highest BCUT2D eigenvalue weighted by molar-refractivity contribution is 5.37. The first kappa shape index (κ1) is 12.2. The summed E-state index contributed by atoms with van der Waals surface area (Å²) in [7, 11) is 0. The molecule has 0 bridgehead atoms. The summed E-state index contributed by atoms with van der Waals surface area (Å²) in [6, 6.07) is 6.40. The molecule has 0 aromatic carbocycles. The summed E-state index contributed by atoms with van der Waals surface area (Å²) in [5, 5.41) is 6.87. The van der Waals surface area contributed by atoms with E-state index in [9.17, 15) is 0 Å². The molecule has 4 nitrogen and oxygen atoms in total. The van der Waals surface area contributed by atoms with Crippen LogP contribution in [0, 0.1) is 0 Å². The van der Waals surface area contributed by atoms with Crippen molar-refractivity contribution in [2.24, 2.45) is 0 Å². The van der Waals surface area contributed by atoms with Gasteiger partial charge in [-0.15, -0.1) is 0 Å². The van der Waals surface area contributed by atoms with Gasteiger partial charge in [0.1, 0.15) is 5.82 Å². The maximum atomic E-state index is 5.37. The molecule has 1 aromatic rings. The number of nitrogens with one attached hydrogen (secondary N) is 2. The van der Waals surface area contributed by atoms with E-state index in [1.165, 1.54) is 19.3 Å². The molecule has 1 saturated heterocycles. The second-order valence-electron chi connectivity index (χ2n) is 4.32. The van der Waals surface area contributed by atoms with Gasteiger partial charge in [-0.2, -0.15) is 4.98 Å². The van der Waals surface area contributed by atoms with Gasteiger partial charge >= 0.3 is 0 Å². The van der Waals surface area contributed by atoms with Crippen molar-refractivity contribution in [2.75, 3.05) is 25.0 Å². The van der Waals surface area contributed by atoms with E-state index in [1.807, 2.05) is 25.1 Å². The zero-order valence-electron chi connectivity index (χ0n) is 10.4. The zero-order chi connectivity index (χ0) is 11.9. The molecule has 1 unspecified atom stereocenters. The summed E-state index contributed by atoms with van der Waals surface area (Å²) in [6.45, 7) is 4.69. The number of pyridine rings is 1. The quantitative estimate of drug-likeness (QED) is 0.820. The van der Waals surface area contributed by atoms with Gasteiger partial charge in [-0.05, 0) is 32.4 Å². The Labute approximate surface area is 103 Å². The van der Waals surface area contributed by atoms with Crippen molar-refractivity contribution >= 4 is 5.82 Å². The van der Waals surface area contributed by atoms with Crippen molar-refractivity contribution < 1.29 is 4.74 Å². The number of piperidine rings is 1. The fourth-order valence-electron chi connectivity index (χ4n) is 2.07. The molecule has 0 spiro atoms. The molecular formula is C13H21N3O. The average Bonchev–Trinajstić information content (AvgIpc) is 2.39. The number of anilines is 1. The lowest BCUT2D eigenvalue weighted by atomic mass is 10.1. The van der Waals surface area contributed by atoms with Crippen molar-refractivity contribution in [1.29, 1.82) is 0 Å². The van der Waals surface area contributed by atoms with Crippen LogP contribution >= 0.6 is 0 Å². The van der Waals surface area contributed by atoms with Crippen molar-refractivity contribution in [3.8, 4) is 5.88 Å². The van der Waals surface area contributed by atoms with Crippen LogP contribution in [0.2, 0.25) is 0 Å². The summed E-state index contributed by atoms with van der Waals surface area (Å²) in [5.74, 6) is 1.58. The molecule has 2 N–H and O–H groups in total. The van der Waals surface area contributed by atoms with Crippen molar-refractivity contribution in [2.45, 2.75) is 32.2 Å². The van der Waals surface area contributed by atoms with E-state index in [0.29, 0.717) is 18.5 Å². The second kappa shape index (κ2) is 6.45. The highest BCUT2D eigenvalue weighted by Crippen LogP contribution is 2.12. The molecule has 0 aliphatic carbocycles. The van der Waals surface area contributed by atoms with E-state index in [0.717, 1.165) is 18.9 Å². The first-order valence-corrected chi connectivity index (χ1v) is 6.45. The molecule has 2 heterocycles. The summed E-state index contributed by atoms with van der Waals surface area (Å²) in [5.41, 5.74) is 0. The van der Waals surface area contributed by atoms with Gasteiger partial charge in [0.2, 0.25) is 5.88 Å². The average molecular weight is 235 g/mol. The number of hydrogen-bond acceptors (Lipinski definition) is 4. The number of rotatable bonds is 5. The smallest absolute Gasteiger partial charge is 0.215 e. The minimum absolute atomic E-state index is 0.571. The molecule has 94 valence electrons. The molecule has 0 saturated carbocycles. The van der Waals surface area contributed by atoms with Gasteiger partial charge in [0, 0.05) is 18.7 Å². The number of ether oxygens (including phenoxy) is 1. The fourth-order valence-corrected chi connectivity index (χ4v) is 2.07. The van der Waals surface area contributed by atoms with Crippen molar-refractivity contribution in [3.63, 3.8) is 0 Å².